The van der Waals surface area contributed by atoms with E-state index in [4.69, 9.17) is 12.2 Å². The molecule has 0 unspecified atom stereocenters. The molecule has 0 atom stereocenters. The molecule has 6 nitrogen and oxygen atoms in total. The quantitative estimate of drug-likeness (QED) is 0.721. The SMILES string of the molecule is CCCCn1c(=S)n(CN2CCN(S(C)(=O)=O)CC2)c2ccccc21. The second kappa shape index (κ2) is 7.57. The van der Waals surface area contributed by atoms with Crippen LogP contribution in [0.15, 0.2) is 24.3 Å². The molecule has 1 fully saturated rings. The lowest BCUT2D eigenvalue weighted by molar-refractivity contribution is 0.153. The Morgan fingerprint density at radius 2 is 1.64 bits per heavy atom. The molecule has 2 aromatic rings. The highest BCUT2D eigenvalue weighted by Crippen LogP contribution is 2.20. The largest absolute Gasteiger partial charge is 0.317 e. The van der Waals surface area contributed by atoms with Crippen molar-refractivity contribution >= 4 is 33.3 Å². The zero-order chi connectivity index (χ0) is 18.0. The van der Waals surface area contributed by atoms with E-state index in [1.54, 1.807) is 4.31 Å². The molecule has 138 valence electrons. The maximum Gasteiger partial charge on any atom is 0.211 e. The molecule has 0 bridgehead atoms. The first-order valence-electron chi connectivity index (χ1n) is 8.77. The standard InChI is InChI=1S/C17H26N4O2S2/c1-3-4-9-20-15-7-5-6-8-16(15)21(17(20)24)14-18-10-12-19(13-11-18)25(2,22)23/h5-8H,3-4,9-14H2,1-2H3. The summed E-state index contributed by atoms with van der Waals surface area (Å²) in [7, 11) is -3.10. The number of benzene rings is 1. The van der Waals surface area contributed by atoms with Crippen LogP contribution in [0.2, 0.25) is 0 Å². The van der Waals surface area contributed by atoms with E-state index in [1.807, 2.05) is 6.07 Å². The highest BCUT2D eigenvalue weighted by atomic mass is 32.2. The van der Waals surface area contributed by atoms with Crippen molar-refractivity contribution in [2.45, 2.75) is 33.0 Å². The molecule has 0 saturated carbocycles. The fourth-order valence-electron chi connectivity index (χ4n) is 3.34. The number of unbranched alkanes of at least 4 members (excludes halogenated alkanes) is 1. The summed E-state index contributed by atoms with van der Waals surface area (Å²) in [5.74, 6) is 0. The molecule has 3 rings (SSSR count). The molecule has 8 heteroatoms. The molecule has 1 saturated heterocycles. The summed E-state index contributed by atoms with van der Waals surface area (Å²) in [4.78, 5) is 2.27. The minimum atomic E-state index is -3.10. The van der Waals surface area contributed by atoms with Crippen LogP contribution in [0.5, 0.6) is 0 Å². The number of imidazole rings is 1. The number of piperazine rings is 1. The Labute approximate surface area is 154 Å². The Balaban J connectivity index is 1.83. The first-order chi connectivity index (χ1) is 11.9. The first kappa shape index (κ1) is 18.6. The molecule has 2 heterocycles. The first-order valence-corrected chi connectivity index (χ1v) is 11.0. The van der Waals surface area contributed by atoms with Gasteiger partial charge in [-0.1, -0.05) is 25.5 Å². The van der Waals surface area contributed by atoms with Crippen LogP contribution in [0.25, 0.3) is 11.0 Å². The second-order valence-corrected chi connectivity index (χ2v) is 8.97. The highest BCUT2D eigenvalue weighted by Gasteiger charge is 2.24. The third-order valence-corrected chi connectivity index (χ3v) is 6.55. The van der Waals surface area contributed by atoms with Gasteiger partial charge in [-0.25, -0.2) is 8.42 Å². The number of para-hydroxylation sites is 2. The van der Waals surface area contributed by atoms with E-state index >= 15 is 0 Å². The van der Waals surface area contributed by atoms with Gasteiger partial charge in [0.05, 0.1) is 24.0 Å². The number of hydrogen-bond donors (Lipinski definition) is 0. The fraction of sp³-hybridized carbons (Fsp3) is 0.588. The van der Waals surface area contributed by atoms with Crippen molar-refractivity contribution in [2.75, 3.05) is 32.4 Å². The molecule has 1 aromatic carbocycles. The average molecular weight is 383 g/mol. The topological polar surface area (TPSA) is 50.5 Å². The van der Waals surface area contributed by atoms with E-state index in [1.165, 1.54) is 11.8 Å². The third-order valence-electron chi connectivity index (χ3n) is 4.80. The summed E-state index contributed by atoms with van der Waals surface area (Å²) in [6, 6.07) is 8.33. The van der Waals surface area contributed by atoms with Crippen molar-refractivity contribution < 1.29 is 8.42 Å². The van der Waals surface area contributed by atoms with Crippen molar-refractivity contribution in [1.29, 1.82) is 0 Å². The number of fused-ring (bicyclic) bond motifs is 1. The molecule has 25 heavy (non-hydrogen) atoms. The van der Waals surface area contributed by atoms with Crippen LogP contribution < -0.4 is 0 Å². The summed E-state index contributed by atoms with van der Waals surface area (Å²) in [6.07, 6.45) is 3.52. The van der Waals surface area contributed by atoms with Gasteiger partial charge >= 0.3 is 0 Å². The van der Waals surface area contributed by atoms with Gasteiger partial charge in [-0.15, -0.1) is 0 Å². The summed E-state index contributed by atoms with van der Waals surface area (Å²) in [6.45, 7) is 6.36. The van der Waals surface area contributed by atoms with Gasteiger partial charge in [-0.05, 0) is 30.8 Å². The van der Waals surface area contributed by atoms with E-state index < -0.39 is 10.0 Å². The predicted octanol–water partition coefficient (Wildman–Crippen LogP) is 2.51. The molecular formula is C17H26N4O2S2. The lowest BCUT2D eigenvalue weighted by Gasteiger charge is -2.33. The van der Waals surface area contributed by atoms with Crippen LogP contribution in [0.1, 0.15) is 19.8 Å². The van der Waals surface area contributed by atoms with Gasteiger partial charge in [0.1, 0.15) is 0 Å². The van der Waals surface area contributed by atoms with Crippen LogP contribution in [0.4, 0.5) is 0 Å². The van der Waals surface area contributed by atoms with Gasteiger partial charge in [0.25, 0.3) is 0 Å². The van der Waals surface area contributed by atoms with E-state index in [9.17, 15) is 8.42 Å². The number of nitrogens with zero attached hydrogens (tertiary/aromatic N) is 4. The zero-order valence-electron chi connectivity index (χ0n) is 14.9. The van der Waals surface area contributed by atoms with Gasteiger partial charge < -0.3 is 9.13 Å². The van der Waals surface area contributed by atoms with E-state index in [-0.39, 0.29) is 0 Å². The number of sulfonamides is 1. The molecule has 0 amide bonds. The Kier molecular flexibility index (Phi) is 5.62. The lowest BCUT2D eigenvalue weighted by Crippen LogP contribution is -2.48. The maximum atomic E-state index is 11.7. The van der Waals surface area contributed by atoms with Gasteiger partial charge in [-0.3, -0.25) is 4.90 Å². The van der Waals surface area contributed by atoms with Crippen molar-refractivity contribution in [3.05, 3.63) is 29.0 Å². The van der Waals surface area contributed by atoms with E-state index in [0.717, 1.165) is 42.8 Å². The number of aryl methyl sites for hydroxylation is 1. The van der Waals surface area contributed by atoms with Crippen molar-refractivity contribution in [2.24, 2.45) is 0 Å². The molecule has 1 aliphatic rings. The summed E-state index contributed by atoms with van der Waals surface area (Å²) in [5.41, 5.74) is 2.32. The number of rotatable bonds is 6. The Morgan fingerprint density at radius 3 is 2.20 bits per heavy atom. The lowest BCUT2D eigenvalue weighted by atomic mass is 10.3. The minimum absolute atomic E-state index is 0.542. The molecule has 0 radical (unpaired) electrons. The van der Waals surface area contributed by atoms with Crippen LogP contribution in [0.3, 0.4) is 0 Å². The summed E-state index contributed by atoms with van der Waals surface area (Å²) < 4.78 is 30.1. The summed E-state index contributed by atoms with van der Waals surface area (Å²) >= 11 is 5.75. The van der Waals surface area contributed by atoms with Crippen LogP contribution in [-0.2, 0) is 23.2 Å². The molecule has 0 aliphatic carbocycles. The molecule has 0 spiro atoms. The smallest absolute Gasteiger partial charge is 0.211 e. The average Bonchev–Trinajstić information content (AvgIpc) is 2.85. The summed E-state index contributed by atoms with van der Waals surface area (Å²) in [5, 5.41) is 0. The fourth-order valence-corrected chi connectivity index (χ4v) is 4.52. The Bertz CT molecular complexity index is 893. The van der Waals surface area contributed by atoms with Gasteiger partial charge in [0, 0.05) is 32.7 Å². The molecule has 1 aromatic heterocycles. The van der Waals surface area contributed by atoms with E-state index in [2.05, 4.69) is 39.2 Å². The van der Waals surface area contributed by atoms with Crippen LogP contribution in [-0.4, -0.2) is 59.2 Å². The normalized spacial score (nSPS) is 17.4. The van der Waals surface area contributed by atoms with Gasteiger partial charge in [-0.2, -0.15) is 4.31 Å². The van der Waals surface area contributed by atoms with Crippen LogP contribution in [0, 0.1) is 4.77 Å². The highest BCUT2D eigenvalue weighted by molar-refractivity contribution is 7.88. The molecule has 0 N–H and O–H groups in total. The monoisotopic (exact) mass is 382 g/mol. The second-order valence-electron chi connectivity index (χ2n) is 6.63. The van der Waals surface area contributed by atoms with Crippen LogP contribution >= 0.6 is 12.2 Å². The number of hydrogen-bond acceptors (Lipinski definition) is 4. The zero-order valence-corrected chi connectivity index (χ0v) is 16.5. The van der Waals surface area contributed by atoms with E-state index in [0.29, 0.717) is 19.8 Å². The van der Waals surface area contributed by atoms with Crippen molar-refractivity contribution in [3.8, 4) is 0 Å². The molecule has 1 aliphatic heterocycles. The van der Waals surface area contributed by atoms with Crippen molar-refractivity contribution in [1.82, 2.24) is 18.3 Å². The minimum Gasteiger partial charge on any atom is -0.317 e. The van der Waals surface area contributed by atoms with Gasteiger partial charge in [0.2, 0.25) is 10.0 Å². The molecular weight excluding hydrogens is 356 g/mol. The Morgan fingerprint density at radius 1 is 1.04 bits per heavy atom. The number of aromatic nitrogens is 2. The van der Waals surface area contributed by atoms with Gasteiger partial charge in [0.15, 0.2) is 4.77 Å². The third kappa shape index (κ3) is 3.97. The Hall–Kier alpha value is -1.22. The van der Waals surface area contributed by atoms with Crippen molar-refractivity contribution in [3.63, 3.8) is 0 Å². The maximum absolute atomic E-state index is 11.7. The predicted molar refractivity (Wildman–Crippen MR) is 104 cm³/mol.